The van der Waals surface area contributed by atoms with Crippen LogP contribution < -0.4 is 0 Å². The smallest absolute Gasteiger partial charge is 0.128 e. The van der Waals surface area contributed by atoms with E-state index in [1.807, 2.05) is 37.3 Å². The number of aromatic hydroxyl groups is 1. The molecule has 0 saturated carbocycles. The highest BCUT2D eigenvalue weighted by Gasteiger charge is 2.24. The molecule has 0 amide bonds. The summed E-state index contributed by atoms with van der Waals surface area (Å²) >= 11 is 0. The van der Waals surface area contributed by atoms with Crippen molar-refractivity contribution in [3.63, 3.8) is 0 Å². The summed E-state index contributed by atoms with van der Waals surface area (Å²) < 4.78 is 0. The molecular weight excluding hydrogens is 294 g/mol. The van der Waals surface area contributed by atoms with Crippen molar-refractivity contribution in [2.75, 3.05) is 0 Å². The zero-order valence-corrected chi connectivity index (χ0v) is 15.9. The standard InChI is InChI=1S/C22H29NO/c1-15-10-8-9-11-19(15)23-14-16-12-17(21(2,3)4)13-18(20(16)24)22(5,6)7/h8-14,24H,1-7H3. The van der Waals surface area contributed by atoms with Crippen molar-refractivity contribution in [1.29, 1.82) is 0 Å². The van der Waals surface area contributed by atoms with Gasteiger partial charge in [-0.15, -0.1) is 0 Å². The first-order chi connectivity index (χ1) is 11.0. The Balaban J connectivity index is 2.59. The summed E-state index contributed by atoms with van der Waals surface area (Å²) in [6, 6.07) is 12.2. The largest absolute Gasteiger partial charge is 0.507 e. The zero-order valence-electron chi connectivity index (χ0n) is 15.9. The third-order valence-corrected chi connectivity index (χ3v) is 4.27. The third-order valence-electron chi connectivity index (χ3n) is 4.27. The van der Waals surface area contributed by atoms with E-state index in [1.54, 1.807) is 6.21 Å². The number of phenolic OH excluding ortho intramolecular Hbond substituents is 1. The van der Waals surface area contributed by atoms with Gasteiger partial charge in [0.05, 0.1) is 5.69 Å². The third kappa shape index (κ3) is 4.05. The van der Waals surface area contributed by atoms with Crippen LogP contribution in [0.25, 0.3) is 0 Å². The Kier molecular flexibility index (Phi) is 4.89. The van der Waals surface area contributed by atoms with Crippen LogP contribution in [0.4, 0.5) is 5.69 Å². The molecule has 0 aliphatic heterocycles. The minimum absolute atomic E-state index is 0.0129. The van der Waals surface area contributed by atoms with Crippen molar-refractivity contribution in [3.05, 3.63) is 58.7 Å². The molecule has 2 nitrogen and oxygen atoms in total. The molecule has 0 bridgehead atoms. The number of nitrogens with zero attached hydrogens (tertiary/aromatic N) is 1. The van der Waals surface area contributed by atoms with Crippen molar-refractivity contribution in [3.8, 4) is 5.75 Å². The van der Waals surface area contributed by atoms with Crippen molar-refractivity contribution in [1.82, 2.24) is 0 Å². The molecule has 0 heterocycles. The number of aryl methyl sites for hydroxylation is 1. The van der Waals surface area contributed by atoms with Crippen LogP contribution in [-0.2, 0) is 10.8 Å². The van der Waals surface area contributed by atoms with Crippen LogP contribution in [0.3, 0.4) is 0 Å². The minimum atomic E-state index is -0.128. The van der Waals surface area contributed by atoms with Gasteiger partial charge in [0.25, 0.3) is 0 Å². The van der Waals surface area contributed by atoms with Crippen molar-refractivity contribution < 1.29 is 5.11 Å². The van der Waals surface area contributed by atoms with E-state index in [-0.39, 0.29) is 10.8 Å². The van der Waals surface area contributed by atoms with Gasteiger partial charge in [0.15, 0.2) is 0 Å². The highest BCUT2D eigenvalue weighted by molar-refractivity contribution is 5.87. The summed E-state index contributed by atoms with van der Waals surface area (Å²) in [6.45, 7) is 15.0. The van der Waals surface area contributed by atoms with Gasteiger partial charge in [-0.2, -0.15) is 0 Å². The van der Waals surface area contributed by atoms with Gasteiger partial charge in [0.2, 0.25) is 0 Å². The quantitative estimate of drug-likeness (QED) is 0.671. The van der Waals surface area contributed by atoms with E-state index in [4.69, 9.17) is 0 Å². The summed E-state index contributed by atoms with van der Waals surface area (Å²) in [5.74, 6) is 0.327. The molecule has 1 N–H and O–H groups in total. The number of para-hydroxylation sites is 1. The van der Waals surface area contributed by atoms with Crippen LogP contribution in [0.2, 0.25) is 0 Å². The van der Waals surface area contributed by atoms with E-state index in [2.05, 4.69) is 52.6 Å². The van der Waals surface area contributed by atoms with Crippen molar-refractivity contribution in [2.45, 2.75) is 59.3 Å². The van der Waals surface area contributed by atoms with E-state index in [0.29, 0.717) is 5.75 Å². The van der Waals surface area contributed by atoms with Crippen LogP contribution in [0, 0.1) is 6.92 Å². The fourth-order valence-corrected chi connectivity index (χ4v) is 2.61. The second-order valence-corrected chi connectivity index (χ2v) is 8.51. The monoisotopic (exact) mass is 323 g/mol. The maximum Gasteiger partial charge on any atom is 0.128 e. The molecule has 2 aromatic rings. The van der Waals surface area contributed by atoms with Crippen LogP contribution in [0.5, 0.6) is 5.75 Å². The zero-order chi connectivity index (χ0) is 18.1. The first kappa shape index (κ1) is 18.3. The molecule has 0 saturated heterocycles. The Morgan fingerprint density at radius 3 is 2.08 bits per heavy atom. The lowest BCUT2D eigenvalue weighted by Gasteiger charge is -2.27. The van der Waals surface area contributed by atoms with Crippen LogP contribution in [-0.4, -0.2) is 11.3 Å². The normalized spacial score (nSPS) is 12.8. The molecule has 0 aromatic heterocycles. The van der Waals surface area contributed by atoms with Gasteiger partial charge < -0.3 is 5.11 Å². The second kappa shape index (κ2) is 6.43. The highest BCUT2D eigenvalue weighted by atomic mass is 16.3. The summed E-state index contributed by atoms with van der Waals surface area (Å²) in [7, 11) is 0. The molecule has 0 spiro atoms. The minimum Gasteiger partial charge on any atom is -0.507 e. The molecule has 0 radical (unpaired) electrons. The number of hydrogen-bond acceptors (Lipinski definition) is 2. The lowest BCUT2D eigenvalue weighted by Crippen LogP contribution is -2.17. The fourth-order valence-electron chi connectivity index (χ4n) is 2.61. The fraction of sp³-hybridized carbons (Fsp3) is 0.409. The van der Waals surface area contributed by atoms with Gasteiger partial charge >= 0.3 is 0 Å². The predicted octanol–water partition coefficient (Wildman–Crippen LogP) is 6.05. The molecule has 128 valence electrons. The van der Waals surface area contributed by atoms with E-state index in [1.165, 1.54) is 5.56 Å². The Labute approximate surface area is 146 Å². The first-order valence-corrected chi connectivity index (χ1v) is 8.48. The molecule has 0 aliphatic rings. The predicted molar refractivity (Wildman–Crippen MR) is 104 cm³/mol. The molecule has 0 aliphatic carbocycles. The lowest BCUT2D eigenvalue weighted by molar-refractivity contribution is 0.444. The van der Waals surface area contributed by atoms with Gasteiger partial charge in [-0.3, -0.25) is 4.99 Å². The van der Waals surface area contributed by atoms with Crippen molar-refractivity contribution >= 4 is 11.9 Å². The molecule has 2 aromatic carbocycles. The van der Waals surface area contributed by atoms with Gasteiger partial charge in [-0.1, -0.05) is 65.8 Å². The Morgan fingerprint density at radius 1 is 0.917 bits per heavy atom. The first-order valence-electron chi connectivity index (χ1n) is 8.48. The summed E-state index contributed by atoms with van der Waals surface area (Å²) in [4.78, 5) is 4.60. The molecule has 0 atom stereocenters. The van der Waals surface area contributed by atoms with Crippen LogP contribution in [0.15, 0.2) is 41.4 Å². The summed E-state index contributed by atoms with van der Waals surface area (Å²) in [5, 5.41) is 10.8. The van der Waals surface area contributed by atoms with E-state index < -0.39 is 0 Å². The Hall–Kier alpha value is -2.09. The second-order valence-electron chi connectivity index (χ2n) is 8.51. The van der Waals surface area contributed by atoms with Gasteiger partial charge in [0, 0.05) is 17.3 Å². The SMILES string of the molecule is Cc1ccccc1N=Cc1cc(C(C)(C)C)cc(C(C)(C)C)c1O. The lowest BCUT2D eigenvalue weighted by atomic mass is 9.79. The summed E-state index contributed by atoms with van der Waals surface area (Å²) in [5.41, 5.74) is 4.87. The van der Waals surface area contributed by atoms with Crippen LogP contribution >= 0.6 is 0 Å². The number of rotatable bonds is 2. The molecule has 2 heteroatoms. The maximum atomic E-state index is 10.8. The maximum absolute atomic E-state index is 10.8. The number of phenols is 1. The van der Waals surface area contributed by atoms with E-state index in [9.17, 15) is 5.11 Å². The highest BCUT2D eigenvalue weighted by Crippen LogP contribution is 2.37. The molecule has 0 unspecified atom stereocenters. The molecular formula is C22H29NO. The number of benzene rings is 2. The number of aliphatic imine (C=N–C) groups is 1. The average Bonchev–Trinajstić information content (AvgIpc) is 2.45. The van der Waals surface area contributed by atoms with E-state index >= 15 is 0 Å². The topological polar surface area (TPSA) is 32.6 Å². The average molecular weight is 323 g/mol. The van der Waals surface area contributed by atoms with Gasteiger partial charge in [0.1, 0.15) is 5.75 Å². The Morgan fingerprint density at radius 2 is 1.54 bits per heavy atom. The van der Waals surface area contributed by atoms with Gasteiger partial charge in [-0.05, 0) is 41.0 Å². The van der Waals surface area contributed by atoms with Gasteiger partial charge in [-0.25, -0.2) is 0 Å². The van der Waals surface area contributed by atoms with Crippen LogP contribution in [0.1, 0.15) is 63.8 Å². The molecule has 0 fully saturated rings. The molecule has 24 heavy (non-hydrogen) atoms. The number of hydrogen-bond donors (Lipinski definition) is 1. The van der Waals surface area contributed by atoms with E-state index in [0.717, 1.165) is 22.4 Å². The summed E-state index contributed by atoms with van der Waals surface area (Å²) in [6.07, 6.45) is 1.78. The molecule has 2 rings (SSSR count). The Bertz CT molecular complexity index is 759. The van der Waals surface area contributed by atoms with Crippen molar-refractivity contribution in [2.24, 2.45) is 4.99 Å².